The third-order valence-electron chi connectivity index (χ3n) is 3.29. The van der Waals surface area contributed by atoms with Gasteiger partial charge in [0.1, 0.15) is 0 Å². The summed E-state index contributed by atoms with van der Waals surface area (Å²) in [7, 11) is 0. The van der Waals surface area contributed by atoms with E-state index in [-0.39, 0.29) is 11.9 Å². The van der Waals surface area contributed by atoms with Gasteiger partial charge in [-0.2, -0.15) is 5.26 Å². The Bertz CT molecular complexity index is 468. The molecule has 1 fully saturated rings. The Kier molecular flexibility index (Phi) is 4.50. The monoisotopic (exact) mass is 259 g/mol. The molecule has 1 aromatic carbocycles. The topological polar surface area (TPSA) is 85.2 Å². The minimum Gasteiger partial charge on any atom is -0.387 e. The number of rotatable bonds is 4. The van der Waals surface area contributed by atoms with Gasteiger partial charge in [0.25, 0.3) is 0 Å². The van der Waals surface area contributed by atoms with E-state index < -0.39 is 6.10 Å². The summed E-state index contributed by atoms with van der Waals surface area (Å²) in [5, 5.41) is 24.8. The molecule has 2 unspecified atom stereocenters. The van der Waals surface area contributed by atoms with E-state index in [2.05, 4.69) is 10.6 Å². The number of amides is 1. The number of hydrogen-bond donors (Lipinski definition) is 3. The average molecular weight is 259 g/mol. The fourth-order valence-electron chi connectivity index (χ4n) is 2.08. The van der Waals surface area contributed by atoms with E-state index in [0.29, 0.717) is 25.1 Å². The van der Waals surface area contributed by atoms with Crippen LogP contribution in [-0.2, 0) is 4.79 Å². The van der Waals surface area contributed by atoms with Crippen LogP contribution < -0.4 is 10.6 Å². The SMILES string of the molecule is N#Cc1ccc(C(O)CNC2CCC(=O)NC2)cc1. The molecule has 1 amide bonds. The van der Waals surface area contributed by atoms with Crippen LogP contribution in [0.1, 0.15) is 30.1 Å². The highest BCUT2D eigenvalue weighted by Gasteiger charge is 2.18. The summed E-state index contributed by atoms with van der Waals surface area (Å²) < 4.78 is 0. The van der Waals surface area contributed by atoms with Crippen LogP contribution >= 0.6 is 0 Å². The fraction of sp³-hybridized carbons (Fsp3) is 0.429. The van der Waals surface area contributed by atoms with E-state index in [1.54, 1.807) is 24.3 Å². The van der Waals surface area contributed by atoms with Gasteiger partial charge in [0, 0.05) is 25.6 Å². The van der Waals surface area contributed by atoms with E-state index in [9.17, 15) is 9.90 Å². The van der Waals surface area contributed by atoms with Crippen LogP contribution in [-0.4, -0.2) is 30.1 Å². The van der Waals surface area contributed by atoms with Gasteiger partial charge in [-0.15, -0.1) is 0 Å². The van der Waals surface area contributed by atoms with E-state index in [4.69, 9.17) is 5.26 Å². The highest BCUT2D eigenvalue weighted by molar-refractivity contribution is 5.76. The smallest absolute Gasteiger partial charge is 0.220 e. The number of benzene rings is 1. The van der Waals surface area contributed by atoms with Gasteiger partial charge < -0.3 is 15.7 Å². The molecule has 1 heterocycles. The number of hydrogen-bond acceptors (Lipinski definition) is 4. The third-order valence-corrected chi connectivity index (χ3v) is 3.29. The number of carbonyl (C=O) groups excluding carboxylic acids is 1. The lowest BCUT2D eigenvalue weighted by atomic mass is 10.0. The highest BCUT2D eigenvalue weighted by Crippen LogP contribution is 2.13. The summed E-state index contributed by atoms with van der Waals surface area (Å²) in [6.45, 7) is 1.05. The Morgan fingerprint density at radius 2 is 2.21 bits per heavy atom. The van der Waals surface area contributed by atoms with Crippen molar-refractivity contribution in [3.05, 3.63) is 35.4 Å². The molecule has 5 heteroatoms. The van der Waals surface area contributed by atoms with Gasteiger partial charge in [0.2, 0.25) is 5.91 Å². The number of nitrogens with one attached hydrogen (secondary N) is 2. The summed E-state index contributed by atoms with van der Waals surface area (Å²) in [5.41, 5.74) is 1.37. The lowest BCUT2D eigenvalue weighted by molar-refractivity contribution is -0.122. The molecule has 1 aliphatic heterocycles. The second kappa shape index (κ2) is 6.32. The van der Waals surface area contributed by atoms with Gasteiger partial charge in [0.15, 0.2) is 0 Å². The first-order valence-electron chi connectivity index (χ1n) is 6.37. The lowest BCUT2D eigenvalue weighted by Crippen LogP contribution is -2.46. The van der Waals surface area contributed by atoms with Crippen molar-refractivity contribution in [2.75, 3.05) is 13.1 Å². The molecule has 1 aromatic rings. The molecule has 3 N–H and O–H groups in total. The van der Waals surface area contributed by atoms with E-state index in [0.717, 1.165) is 12.0 Å². The molecule has 5 nitrogen and oxygen atoms in total. The van der Waals surface area contributed by atoms with E-state index in [1.807, 2.05) is 6.07 Å². The Labute approximate surface area is 112 Å². The molecule has 0 spiro atoms. The molecule has 2 atom stereocenters. The van der Waals surface area contributed by atoms with Crippen molar-refractivity contribution < 1.29 is 9.90 Å². The maximum atomic E-state index is 11.0. The van der Waals surface area contributed by atoms with Gasteiger partial charge in [-0.05, 0) is 24.1 Å². The molecule has 0 radical (unpaired) electrons. The summed E-state index contributed by atoms with van der Waals surface area (Å²) in [4.78, 5) is 11.0. The van der Waals surface area contributed by atoms with Gasteiger partial charge in [0.05, 0.1) is 17.7 Å². The number of nitrogens with zero attached hydrogens (tertiary/aromatic N) is 1. The molecule has 2 rings (SSSR count). The van der Waals surface area contributed by atoms with Crippen LogP contribution in [0.5, 0.6) is 0 Å². The zero-order chi connectivity index (χ0) is 13.7. The van der Waals surface area contributed by atoms with E-state index in [1.165, 1.54) is 0 Å². The molecule has 0 aromatic heterocycles. The molecule has 0 bridgehead atoms. The maximum Gasteiger partial charge on any atom is 0.220 e. The van der Waals surface area contributed by atoms with Crippen molar-refractivity contribution in [1.29, 1.82) is 5.26 Å². The molecule has 0 aliphatic carbocycles. The number of nitriles is 1. The first-order valence-corrected chi connectivity index (χ1v) is 6.37. The van der Waals surface area contributed by atoms with Crippen LogP contribution in [0.25, 0.3) is 0 Å². The minimum absolute atomic E-state index is 0.0886. The molecule has 0 saturated carbocycles. The standard InChI is InChI=1S/C14H17N3O2/c15-7-10-1-3-11(4-2-10)13(18)9-16-12-5-6-14(19)17-8-12/h1-4,12-13,16,18H,5-6,8-9H2,(H,17,19). The zero-order valence-corrected chi connectivity index (χ0v) is 10.6. The number of piperidine rings is 1. The summed E-state index contributed by atoms with van der Waals surface area (Å²) in [5.74, 6) is 0.0886. The van der Waals surface area contributed by atoms with Gasteiger partial charge in [-0.25, -0.2) is 0 Å². The zero-order valence-electron chi connectivity index (χ0n) is 10.6. The van der Waals surface area contributed by atoms with Gasteiger partial charge >= 0.3 is 0 Å². The Morgan fingerprint density at radius 1 is 1.47 bits per heavy atom. The van der Waals surface area contributed by atoms with Crippen molar-refractivity contribution in [3.63, 3.8) is 0 Å². The van der Waals surface area contributed by atoms with Crippen molar-refractivity contribution in [2.24, 2.45) is 0 Å². The molecule has 1 saturated heterocycles. The number of aliphatic hydroxyl groups excluding tert-OH is 1. The van der Waals surface area contributed by atoms with Crippen LogP contribution in [0.2, 0.25) is 0 Å². The van der Waals surface area contributed by atoms with Gasteiger partial charge in [-0.3, -0.25) is 4.79 Å². The van der Waals surface area contributed by atoms with Gasteiger partial charge in [-0.1, -0.05) is 12.1 Å². The maximum absolute atomic E-state index is 11.0. The van der Waals surface area contributed by atoms with Crippen molar-refractivity contribution >= 4 is 5.91 Å². The lowest BCUT2D eigenvalue weighted by Gasteiger charge is -2.24. The second-order valence-corrected chi connectivity index (χ2v) is 4.70. The third kappa shape index (κ3) is 3.78. The predicted molar refractivity (Wildman–Crippen MR) is 70.2 cm³/mol. The highest BCUT2D eigenvalue weighted by atomic mass is 16.3. The van der Waals surface area contributed by atoms with Crippen LogP contribution in [0.15, 0.2) is 24.3 Å². The molecule has 100 valence electrons. The number of aliphatic hydroxyl groups is 1. The minimum atomic E-state index is -0.606. The number of carbonyl (C=O) groups is 1. The average Bonchev–Trinajstić information content (AvgIpc) is 2.46. The van der Waals surface area contributed by atoms with Crippen LogP contribution in [0.3, 0.4) is 0 Å². The quantitative estimate of drug-likeness (QED) is 0.733. The van der Waals surface area contributed by atoms with Crippen LogP contribution in [0, 0.1) is 11.3 Å². The first-order chi connectivity index (χ1) is 9.19. The Hall–Kier alpha value is -1.90. The molecule has 19 heavy (non-hydrogen) atoms. The Morgan fingerprint density at radius 3 is 2.79 bits per heavy atom. The summed E-state index contributed by atoms with van der Waals surface area (Å²) >= 11 is 0. The molecule has 1 aliphatic rings. The first kappa shape index (κ1) is 13.5. The van der Waals surface area contributed by atoms with Crippen molar-refractivity contribution in [2.45, 2.75) is 25.0 Å². The largest absolute Gasteiger partial charge is 0.387 e. The predicted octanol–water partition coefficient (Wildman–Crippen LogP) is 0.460. The summed E-state index contributed by atoms with van der Waals surface area (Å²) in [6.07, 6.45) is 0.724. The molecular weight excluding hydrogens is 242 g/mol. The second-order valence-electron chi connectivity index (χ2n) is 4.70. The fourth-order valence-corrected chi connectivity index (χ4v) is 2.08. The molecular formula is C14H17N3O2. The normalized spacial score (nSPS) is 20.4. The van der Waals surface area contributed by atoms with Crippen molar-refractivity contribution in [1.82, 2.24) is 10.6 Å². The van der Waals surface area contributed by atoms with Crippen molar-refractivity contribution in [3.8, 4) is 6.07 Å². The van der Waals surface area contributed by atoms with E-state index >= 15 is 0 Å². The Balaban J connectivity index is 1.82. The summed E-state index contributed by atoms with van der Waals surface area (Å²) in [6, 6.07) is 9.16. The van der Waals surface area contributed by atoms with Crippen LogP contribution in [0.4, 0.5) is 0 Å².